The van der Waals surface area contributed by atoms with Gasteiger partial charge in [0, 0.05) is 13.1 Å². The van der Waals surface area contributed by atoms with Crippen LogP contribution < -0.4 is 9.46 Å². The van der Waals surface area contributed by atoms with Gasteiger partial charge < -0.3 is 19.5 Å². The Labute approximate surface area is 172 Å². The molecule has 0 unspecified atom stereocenters. The number of methoxy groups -OCH3 is 1. The zero-order chi connectivity index (χ0) is 20.9. The van der Waals surface area contributed by atoms with Crippen LogP contribution in [0, 0.1) is 0 Å². The Morgan fingerprint density at radius 2 is 1.97 bits per heavy atom. The number of nitrogens with one attached hydrogen (secondary N) is 1. The highest BCUT2D eigenvalue weighted by Crippen LogP contribution is 2.27. The fraction of sp³-hybridized carbons (Fsp3) is 0.650. The Balaban J connectivity index is 1.61. The summed E-state index contributed by atoms with van der Waals surface area (Å²) in [6, 6.07) is 5.80. The molecule has 162 valence electrons. The predicted molar refractivity (Wildman–Crippen MR) is 107 cm³/mol. The summed E-state index contributed by atoms with van der Waals surface area (Å²) < 4.78 is 39.3. The van der Waals surface area contributed by atoms with E-state index in [-0.39, 0.29) is 35.7 Å². The monoisotopic (exact) mass is 426 g/mol. The lowest BCUT2D eigenvalue weighted by Gasteiger charge is -2.37. The number of hydrogen-bond donors (Lipinski definition) is 2. The number of rotatable bonds is 7. The summed E-state index contributed by atoms with van der Waals surface area (Å²) in [5.41, 5.74) is 0. The third-order valence-corrected chi connectivity index (χ3v) is 7.10. The molecule has 0 bridgehead atoms. The number of aliphatic hydroxyl groups is 1. The standard InChI is InChI=1S/C20H30N2O6S/c1-27-17-7-3-4-8-19(17)29(25,26)21-16-10-9-15(28-18(16)14-23)13-20(24)22-11-5-2-6-12-22/h3-4,7-8,15-16,18,21,23H,2,5-6,9-14H2,1H3/t15-,16-,18-/m0/s1. The normalized spacial score (nSPS) is 25.6. The number of carbonyl (C=O) groups is 1. The molecule has 0 spiro atoms. The van der Waals surface area contributed by atoms with Crippen LogP contribution in [0.3, 0.4) is 0 Å². The average molecular weight is 427 g/mol. The highest BCUT2D eigenvalue weighted by Gasteiger charge is 2.36. The van der Waals surface area contributed by atoms with Crippen LogP contribution in [0.15, 0.2) is 29.2 Å². The number of amides is 1. The molecule has 0 aromatic heterocycles. The van der Waals surface area contributed by atoms with Crippen molar-refractivity contribution in [2.45, 2.75) is 61.7 Å². The van der Waals surface area contributed by atoms with Gasteiger partial charge in [-0.25, -0.2) is 13.1 Å². The van der Waals surface area contributed by atoms with Crippen LogP contribution in [-0.2, 0) is 19.6 Å². The molecule has 3 atom stereocenters. The van der Waals surface area contributed by atoms with Gasteiger partial charge in [0.15, 0.2) is 0 Å². The second-order valence-electron chi connectivity index (χ2n) is 7.58. The molecule has 0 saturated carbocycles. The van der Waals surface area contributed by atoms with E-state index in [1.165, 1.54) is 13.2 Å². The largest absolute Gasteiger partial charge is 0.495 e. The van der Waals surface area contributed by atoms with Gasteiger partial charge in [-0.05, 0) is 44.2 Å². The Morgan fingerprint density at radius 1 is 1.24 bits per heavy atom. The summed E-state index contributed by atoms with van der Waals surface area (Å²) in [5, 5.41) is 9.75. The minimum atomic E-state index is -3.84. The zero-order valence-electron chi connectivity index (χ0n) is 16.7. The van der Waals surface area contributed by atoms with Crippen LogP contribution in [0.1, 0.15) is 38.5 Å². The second kappa shape index (κ2) is 9.88. The lowest BCUT2D eigenvalue weighted by atomic mass is 9.97. The Hall–Kier alpha value is -1.68. The minimum Gasteiger partial charge on any atom is -0.495 e. The molecule has 0 aliphatic carbocycles. The molecule has 1 aromatic rings. The molecule has 2 heterocycles. The van der Waals surface area contributed by atoms with E-state index in [1.807, 2.05) is 4.90 Å². The summed E-state index contributed by atoms with van der Waals surface area (Å²) in [6.07, 6.45) is 3.51. The van der Waals surface area contributed by atoms with Crippen LogP contribution in [0.5, 0.6) is 5.75 Å². The summed E-state index contributed by atoms with van der Waals surface area (Å²) in [7, 11) is -2.43. The lowest BCUT2D eigenvalue weighted by molar-refractivity contribution is -0.140. The molecule has 2 aliphatic heterocycles. The molecule has 8 nitrogen and oxygen atoms in total. The number of sulfonamides is 1. The number of benzene rings is 1. The molecule has 2 saturated heterocycles. The number of likely N-dealkylation sites (tertiary alicyclic amines) is 1. The van der Waals surface area contributed by atoms with E-state index in [0.717, 1.165) is 32.4 Å². The summed E-state index contributed by atoms with van der Waals surface area (Å²) >= 11 is 0. The van der Waals surface area contributed by atoms with E-state index in [2.05, 4.69) is 4.72 Å². The quantitative estimate of drug-likeness (QED) is 0.681. The number of piperidine rings is 1. The third-order valence-electron chi connectivity index (χ3n) is 5.57. The van der Waals surface area contributed by atoms with Crippen molar-refractivity contribution in [3.05, 3.63) is 24.3 Å². The molecule has 0 radical (unpaired) electrons. The van der Waals surface area contributed by atoms with Gasteiger partial charge in [0.1, 0.15) is 10.6 Å². The fourth-order valence-corrected chi connectivity index (χ4v) is 5.46. The van der Waals surface area contributed by atoms with Gasteiger partial charge in [0.05, 0.1) is 38.4 Å². The molecule has 3 rings (SSSR count). The highest BCUT2D eigenvalue weighted by atomic mass is 32.2. The van der Waals surface area contributed by atoms with Crippen molar-refractivity contribution < 1.29 is 27.8 Å². The number of nitrogens with zero attached hydrogens (tertiary/aromatic N) is 1. The van der Waals surface area contributed by atoms with Crippen molar-refractivity contribution in [1.29, 1.82) is 0 Å². The zero-order valence-corrected chi connectivity index (χ0v) is 17.6. The average Bonchev–Trinajstić information content (AvgIpc) is 2.75. The van der Waals surface area contributed by atoms with E-state index in [9.17, 15) is 18.3 Å². The molecular weight excluding hydrogens is 396 g/mol. The number of ether oxygens (including phenoxy) is 2. The third kappa shape index (κ3) is 5.48. The van der Waals surface area contributed by atoms with Crippen molar-refractivity contribution in [2.24, 2.45) is 0 Å². The first kappa shape index (κ1) is 22.0. The molecule has 2 aliphatic rings. The maximum absolute atomic E-state index is 12.8. The maximum Gasteiger partial charge on any atom is 0.244 e. The van der Waals surface area contributed by atoms with Crippen molar-refractivity contribution in [3.8, 4) is 5.75 Å². The summed E-state index contributed by atoms with van der Waals surface area (Å²) in [4.78, 5) is 14.4. The van der Waals surface area contributed by atoms with E-state index in [0.29, 0.717) is 12.8 Å². The van der Waals surface area contributed by atoms with Crippen molar-refractivity contribution in [1.82, 2.24) is 9.62 Å². The van der Waals surface area contributed by atoms with Gasteiger partial charge in [0.25, 0.3) is 0 Å². The molecule has 2 fully saturated rings. The molecule has 2 N–H and O–H groups in total. The number of carbonyl (C=O) groups excluding carboxylic acids is 1. The minimum absolute atomic E-state index is 0.0431. The van der Waals surface area contributed by atoms with E-state index >= 15 is 0 Å². The van der Waals surface area contributed by atoms with Gasteiger partial charge in [-0.3, -0.25) is 4.79 Å². The smallest absolute Gasteiger partial charge is 0.244 e. The first-order valence-corrected chi connectivity index (χ1v) is 11.6. The lowest BCUT2D eigenvalue weighted by Crippen LogP contribution is -2.51. The van der Waals surface area contributed by atoms with Crippen molar-refractivity contribution in [3.63, 3.8) is 0 Å². The highest BCUT2D eigenvalue weighted by molar-refractivity contribution is 7.89. The molecular formula is C20H30N2O6S. The second-order valence-corrected chi connectivity index (χ2v) is 9.26. The molecule has 1 aromatic carbocycles. The maximum atomic E-state index is 12.8. The fourth-order valence-electron chi connectivity index (χ4n) is 3.99. The summed E-state index contributed by atoms with van der Waals surface area (Å²) in [6.45, 7) is 1.25. The van der Waals surface area contributed by atoms with Crippen molar-refractivity contribution in [2.75, 3.05) is 26.8 Å². The number of hydrogen-bond acceptors (Lipinski definition) is 6. The number of para-hydroxylation sites is 1. The molecule has 9 heteroatoms. The SMILES string of the molecule is COc1ccccc1S(=O)(=O)N[C@H]1CC[C@@H](CC(=O)N2CCCCC2)O[C@H]1CO. The molecule has 1 amide bonds. The van der Waals surface area contributed by atoms with Gasteiger partial charge >= 0.3 is 0 Å². The van der Waals surface area contributed by atoms with Gasteiger partial charge in [-0.2, -0.15) is 0 Å². The Morgan fingerprint density at radius 3 is 2.66 bits per heavy atom. The summed E-state index contributed by atoms with van der Waals surface area (Å²) in [5.74, 6) is 0.321. The van der Waals surface area contributed by atoms with Crippen LogP contribution in [-0.4, -0.2) is 69.4 Å². The first-order valence-electron chi connectivity index (χ1n) is 10.1. The van der Waals surface area contributed by atoms with E-state index in [4.69, 9.17) is 9.47 Å². The van der Waals surface area contributed by atoms with E-state index in [1.54, 1.807) is 18.2 Å². The van der Waals surface area contributed by atoms with E-state index < -0.39 is 22.2 Å². The molecule has 29 heavy (non-hydrogen) atoms. The topological polar surface area (TPSA) is 105 Å². The van der Waals surface area contributed by atoms with Crippen LogP contribution >= 0.6 is 0 Å². The Kier molecular flexibility index (Phi) is 7.50. The van der Waals surface area contributed by atoms with Gasteiger partial charge in [-0.15, -0.1) is 0 Å². The van der Waals surface area contributed by atoms with Gasteiger partial charge in [-0.1, -0.05) is 12.1 Å². The van der Waals surface area contributed by atoms with Crippen LogP contribution in [0.2, 0.25) is 0 Å². The number of aliphatic hydroxyl groups excluding tert-OH is 1. The Bertz CT molecular complexity index is 794. The predicted octanol–water partition coefficient (Wildman–Crippen LogP) is 1.28. The van der Waals surface area contributed by atoms with Crippen molar-refractivity contribution >= 4 is 15.9 Å². The van der Waals surface area contributed by atoms with Gasteiger partial charge in [0.2, 0.25) is 15.9 Å². The van der Waals surface area contributed by atoms with Crippen LogP contribution in [0.4, 0.5) is 0 Å². The first-order chi connectivity index (χ1) is 13.9. The van der Waals surface area contributed by atoms with Crippen LogP contribution in [0.25, 0.3) is 0 Å².